The average Bonchev–Trinajstić information content (AvgIpc) is 3.42. The fraction of sp³-hybridized carbons (Fsp3) is 0.400. The molecule has 0 bridgehead atoms. The van der Waals surface area contributed by atoms with Crippen molar-refractivity contribution in [2.45, 2.75) is 56.3 Å². The van der Waals surface area contributed by atoms with E-state index in [2.05, 4.69) is 30.9 Å². The van der Waals surface area contributed by atoms with Crippen LogP contribution in [-0.4, -0.2) is 81.3 Å². The number of rotatable bonds is 17. The number of primary amides is 1. The lowest BCUT2D eigenvalue weighted by atomic mass is 10.0. The summed E-state index contributed by atoms with van der Waals surface area (Å²) in [5.74, 6) is -4.76. The Kier molecular flexibility index (Phi) is 12.7. The number of benzene rings is 1. The summed E-state index contributed by atoms with van der Waals surface area (Å²) in [5.41, 5.74) is 23.1. The SMILES string of the molecule is NC(=O)CC(NC(=O)C(Cc1ccccc1)NC(=O)C(CCCN=C(N)N)NC(=O)C(N)Cc1cnc[nH]1)C(=O)O. The minimum Gasteiger partial charge on any atom is -0.480 e. The maximum absolute atomic E-state index is 13.4. The van der Waals surface area contributed by atoms with E-state index >= 15 is 0 Å². The number of amides is 4. The highest BCUT2D eigenvalue weighted by Crippen LogP contribution is 2.07. The second kappa shape index (κ2) is 16.2. The van der Waals surface area contributed by atoms with Crippen LogP contribution < -0.4 is 38.9 Å². The molecule has 0 spiro atoms. The van der Waals surface area contributed by atoms with Crippen LogP contribution in [-0.2, 0) is 36.8 Å². The van der Waals surface area contributed by atoms with E-state index in [1.807, 2.05) is 0 Å². The molecule has 222 valence electrons. The van der Waals surface area contributed by atoms with Crippen molar-refractivity contribution < 1.29 is 29.1 Å². The van der Waals surface area contributed by atoms with Crippen LogP contribution in [0, 0.1) is 0 Å². The lowest BCUT2D eigenvalue weighted by Crippen LogP contribution is -2.58. The van der Waals surface area contributed by atoms with Crippen molar-refractivity contribution in [3.05, 3.63) is 54.1 Å². The second-order valence-electron chi connectivity index (χ2n) is 9.22. The van der Waals surface area contributed by atoms with Gasteiger partial charge >= 0.3 is 5.97 Å². The Bertz CT molecular complexity index is 1200. The molecule has 1 aromatic carbocycles. The van der Waals surface area contributed by atoms with E-state index in [-0.39, 0.29) is 31.8 Å². The Morgan fingerprint density at radius 2 is 1.54 bits per heavy atom. The number of aliphatic imine (C=N–C) groups is 1. The van der Waals surface area contributed by atoms with Crippen LogP contribution in [0.3, 0.4) is 0 Å². The molecule has 0 saturated carbocycles. The van der Waals surface area contributed by atoms with Gasteiger partial charge in [0.25, 0.3) is 0 Å². The van der Waals surface area contributed by atoms with Gasteiger partial charge in [-0.3, -0.25) is 24.2 Å². The zero-order valence-corrected chi connectivity index (χ0v) is 22.3. The molecular weight excluding hydrogens is 536 g/mol. The first kappa shape index (κ1) is 32.2. The maximum Gasteiger partial charge on any atom is 0.326 e. The summed E-state index contributed by atoms with van der Waals surface area (Å²) in [6.45, 7) is 0.170. The molecule has 41 heavy (non-hydrogen) atoms. The van der Waals surface area contributed by atoms with Crippen LogP contribution in [0.4, 0.5) is 0 Å². The van der Waals surface area contributed by atoms with E-state index in [0.29, 0.717) is 17.7 Å². The molecule has 0 radical (unpaired) electrons. The Hall–Kier alpha value is -4.99. The summed E-state index contributed by atoms with van der Waals surface area (Å²) < 4.78 is 0. The highest BCUT2D eigenvalue weighted by atomic mass is 16.4. The number of nitrogens with two attached hydrogens (primary N) is 4. The third kappa shape index (κ3) is 11.7. The van der Waals surface area contributed by atoms with E-state index < -0.39 is 60.2 Å². The smallest absolute Gasteiger partial charge is 0.326 e. The van der Waals surface area contributed by atoms with Crippen molar-refractivity contribution in [3.8, 4) is 0 Å². The minimum atomic E-state index is -1.61. The second-order valence-corrected chi connectivity index (χ2v) is 9.22. The van der Waals surface area contributed by atoms with Gasteiger partial charge in [0.2, 0.25) is 23.6 Å². The third-order valence-electron chi connectivity index (χ3n) is 5.85. The van der Waals surface area contributed by atoms with Crippen molar-refractivity contribution in [2.75, 3.05) is 6.54 Å². The lowest BCUT2D eigenvalue weighted by molar-refractivity contribution is -0.143. The number of imidazole rings is 1. The fourth-order valence-corrected chi connectivity index (χ4v) is 3.78. The Labute approximate surface area is 235 Å². The van der Waals surface area contributed by atoms with Gasteiger partial charge < -0.3 is 49.0 Å². The molecule has 4 atom stereocenters. The summed E-state index contributed by atoms with van der Waals surface area (Å²) in [7, 11) is 0. The molecular formula is C25H36N10O6. The van der Waals surface area contributed by atoms with Gasteiger partial charge in [0.05, 0.1) is 18.8 Å². The summed E-state index contributed by atoms with van der Waals surface area (Å²) in [4.78, 5) is 72.9. The molecule has 16 heteroatoms. The molecule has 4 amide bonds. The van der Waals surface area contributed by atoms with Gasteiger partial charge in [0, 0.05) is 31.3 Å². The predicted octanol–water partition coefficient (Wildman–Crippen LogP) is -3.01. The normalized spacial score (nSPS) is 13.6. The van der Waals surface area contributed by atoms with Crippen LogP contribution in [0.25, 0.3) is 0 Å². The summed E-state index contributed by atoms with van der Waals surface area (Å²) in [6.07, 6.45) is 2.80. The van der Waals surface area contributed by atoms with Gasteiger partial charge in [-0.1, -0.05) is 30.3 Å². The lowest BCUT2D eigenvalue weighted by Gasteiger charge is -2.25. The molecule has 0 aliphatic rings. The molecule has 16 nitrogen and oxygen atoms in total. The first-order valence-electron chi connectivity index (χ1n) is 12.7. The number of H-pyrrole nitrogens is 1. The van der Waals surface area contributed by atoms with Gasteiger partial charge in [-0.25, -0.2) is 9.78 Å². The number of aromatic nitrogens is 2. The third-order valence-corrected chi connectivity index (χ3v) is 5.85. The maximum atomic E-state index is 13.4. The predicted molar refractivity (Wildman–Crippen MR) is 148 cm³/mol. The molecule has 0 saturated heterocycles. The number of carbonyl (C=O) groups is 5. The van der Waals surface area contributed by atoms with Crippen molar-refractivity contribution >= 4 is 35.6 Å². The Balaban J connectivity index is 2.23. The van der Waals surface area contributed by atoms with E-state index in [1.54, 1.807) is 30.3 Å². The van der Waals surface area contributed by atoms with Crippen LogP contribution in [0.1, 0.15) is 30.5 Å². The molecule has 0 fully saturated rings. The number of carbonyl (C=O) groups excluding carboxylic acids is 4. The van der Waals surface area contributed by atoms with Crippen molar-refractivity contribution in [3.63, 3.8) is 0 Å². The number of aliphatic carboxylic acids is 1. The number of aromatic amines is 1. The molecule has 0 aliphatic carbocycles. The van der Waals surface area contributed by atoms with E-state index in [1.165, 1.54) is 12.5 Å². The molecule has 0 aliphatic heterocycles. The molecule has 1 aromatic heterocycles. The Morgan fingerprint density at radius 1 is 0.902 bits per heavy atom. The van der Waals surface area contributed by atoms with Gasteiger partial charge in [0.15, 0.2) is 5.96 Å². The van der Waals surface area contributed by atoms with Gasteiger partial charge in [-0.15, -0.1) is 0 Å². The monoisotopic (exact) mass is 572 g/mol. The van der Waals surface area contributed by atoms with Crippen LogP contribution in [0.5, 0.6) is 0 Å². The number of hydrogen-bond acceptors (Lipinski definition) is 8. The molecule has 1 heterocycles. The first-order valence-corrected chi connectivity index (χ1v) is 12.7. The van der Waals surface area contributed by atoms with Crippen LogP contribution in [0.2, 0.25) is 0 Å². The largest absolute Gasteiger partial charge is 0.480 e. The number of guanidine groups is 1. The Morgan fingerprint density at radius 3 is 2.12 bits per heavy atom. The number of carboxylic acid groups (broad SMARTS) is 1. The fourth-order valence-electron chi connectivity index (χ4n) is 3.78. The van der Waals surface area contributed by atoms with Gasteiger partial charge in [-0.05, 0) is 18.4 Å². The number of carboxylic acids is 1. The van der Waals surface area contributed by atoms with E-state index in [0.717, 1.165) is 0 Å². The summed E-state index contributed by atoms with van der Waals surface area (Å²) in [6, 6.07) is 3.62. The molecule has 2 aromatic rings. The van der Waals surface area contributed by atoms with E-state index in [9.17, 15) is 29.1 Å². The quantitative estimate of drug-likeness (QED) is 0.0525. The van der Waals surface area contributed by atoms with E-state index in [4.69, 9.17) is 22.9 Å². The van der Waals surface area contributed by atoms with Gasteiger partial charge in [-0.2, -0.15) is 0 Å². The standard InChI is InChI=1S/C25H36N10O6/c26-16(10-15-12-30-13-32-15)21(37)33-17(7-4-8-31-25(28)29)22(38)34-18(9-14-5-2-1-3-6-14)23(39)35-19(24(40)41)11-20(27)36/h1-3,5-6,12-13,16-19H,4,7-11,26H2,(H2,27,36)(H,30,32)(H,33,37)(H,34,38)(H,35,39)(H,40,41)(H4,28,29,31). The zero-order valence-electron chi connectivity index (χ0n) is 22.3. The topological polar surface area (TPSA) is 287 Å². The number of hydrogen-bond donors (Lipinski definition) is 9. The molecule has 2 rings (SSSR count). The van der Waals surface area contributed by atoms with Crippen molar-refractivity contribution in [2.24, 2.45) is 27.9 Å². The molecule has 4 unspecified atom stereocenters. The molecule has 13 N–H and O–H groups in total. The number of nitrogens with one attached hydrogen (secondary N) is 4. The number of nitrogens with zero attached hydrogens (tertiary/aromatic N) is 2. The van der Waals surface area contributed by atoms with Crippen molar-refractivity contribution in [1.29, 1.82) is 0 Å². The summed E-state index contributed by atoms with van der Waals surface area (Å²) >= 11 is 0. The van der Waals surface area contributed by atoms with Crippen LogP contribution in [0.15, 0.2) is 47.8 Å². The van der Waals surface area contributed by atoms with Gasteiger partial charge in [0.1, 0.15) is 18.1 Å². The highest BCUT2D eigenvalue weighted by molar-refractivity contribution is 5.95. The first-order chi connectivity index (χ1) is 19.5. The average molecular weight is 573 g/mol. The zero-order chi connectivity index (χ0) is 30.4. The summed E-state index contributed by atoms with van der Waals surface area (Å²) in [5, 5.41) is 16.8. The highest BCUT2D eigenvalue weighted by Gasteiger charge is 2.31. The minimum absolute atomic E-state index is 0.0185. The van der Waals surface area contributed by atoms with Crippen molar-refractivity contribution in [1.82, 2.24) is 25.9 Å². The van der Waals surface area contributed by atoms with Crippen LogP contribution >= 0.6 is 0 Å².